The van der Waals surface area contributed by atoms with E-state index >= 15 is 0 Å². The van der Waals surface area contributed by atoms with Gasteiger partial charge in [0.15, 0.2) is 0 Å². The van der Waals surface area contributed by atoms with E-state index in [4.69, 9.17) is 0 Å². The standard InChI is InChI=1S/C30H32F4O/c1-2-3-4-5-21-6-11-23(12-7-21)24-14-15-25-18-26(29(31)20-27(25)19-24)13-8-22-9-16-28(17-10-22)35-30(32,33)34/h2-3,9-10,16-18,20-21,23-24H,4-7,11-12,14-15,19H2,1H3/b3-2+. The number of hydrogen-bond acceptors (Lipinski definition) is 1. The fourth-order valence-electron chi connectivity index (χ4n) is 5.63. The zero-order chi connectivity index (χ0) is 24.8. The Morgan fingerprint density at radius 2 is 1.69 bits per heavy atom. The maximum Gasteiger partial charge on any atom is 0.573 e. The Morgan fingerprint density at radius 3 is 2.37 bits per heavy atom. The third kappa shape index (κ3) is 7.13. The maximum absolute atomic E-state index is 14.8. The van der Waals surface area contributed by atoms with Crippen molar-refractivity contribution in [2.45, 2.75) is 71.1 Å². The molecule has 4 rings (SSSR count). The van der Waals surface area contributed by atoms with Gasteiger partial charge in [-0.15, -0.1) is 13.2 Å². The minimum absolute atomic E-state index is 0.306. The van der Waals surface area contributed by atoms with E-state index in [1.54, 1.807) is 6.07 Å². The lowest BCUT2D eigenvalue weighted by Crippen LogP contribution is -2.26. The zero-order valence-electron chi connectivity index (χ0n) is 20.1. The number of allylic oxidation sites excluding steroid dienone is 2. The molecule has 0 heterocycles. The third-order valence-electron chi connectivity index (χ3n) is 7.52. The second kappa shape index (κ2) is 11.3. The van der Waals surface area contributed by atoms with Crippen LogP contribution in [0.3, 0.4) is 0 Å². The smallest absolute Gasteiger partial charge is 0.406 e. The van der Waals surface area contributed by atoms with Crippen LogP contribution in [0.1, 0.15) is 74.1 Å². The Hall–Kier alpha value is -2.74. The number of alkyl halides is 3. The summed E-state index contributed by atoms with van der Waals surface area (Å²) in [6, 6.07) is 8.78. The van der Waals surface area contributed by atoms with Gasteiger partial charge >= 0.3 is 6.36 Å². The van der Waals surface area contributed by atoms with Gasteiger partial charge in [0, 0.05) is 5.56 Å². The third-order valence-corrected chi connectivity index (χ3v) is 7.52. The van der Waals surface area contributed by atoms with Gasteiger partial charge in [-0.25, -0.2) is 4.39 Å². The van der Waals surface area contributed by atoms with Crippen molar-refractivity contribution in [3.8, 4) is 17.6 Å². The molecule has 2 aromatic carbocycles. The predicted octanol–water partition coefficient (Wildman–Crippen LogP) is 8.39. The number of rotatable bonds is 5. The molecule has 5 heteroatoms. The van der Waals surface area contributed by atoms with Gasteiger partial charge in [0.1, 0.15) is 11.6 Å². The molecule has 1 nitrogen and oxygen atoms in total. The van der Waals surface area contributed by atoms with Crippen LogP contribution in [0.25, 0.3) is 0 Å². The van der Waals surface area contributed by atoms with Crippen molar-refractivity contribution in [1.82, 2.24) is 0 Å². The molecule has 35 heavy (non-hydrogen) atoms. The van der Waals surface area contributed by atoms with Crippen molar-refractivity contribution in [1.29, 1.82) is 0 Å². The minimum Gasteiger partial charge on any atom is -0.406 e. The van der Waals surface area contributed by atoms with Crippen LogP contribution in [0.5, 0.6) is 5.75 Å². The van der Waals surface area contributed by atoms with Gasteiger partial charge in [-0.2, -0.15) is 0 Å². The van der Waals surface area contributed by atoms with Crippen molar-refractivity contribution in [2.75, 3.05) is 0 Å². The van der Waals surface area contributed by atoms with Crippen LogP contribution in [0, 0.1) is 35.4 Å². The lowest BCUT2D eigenvalue weighted by molar-refractivity contribution is -0.274. The van der Waals surface area contributed by atoms with Gasteiger partial charge in [0.05, 0.1) is 5.56 Å². The van der Waals surface area contributed by atoms with E-state index < -0.39 is 6.36 Å². The summed E-state index contributed by atoms with van der Waals surface area (Å²) in [6.07, 6.45) is 10.4. The fraction of sp³-hybridized carbons (Fsp3) is 0.467. The van der Waals surface area contributed by atoms with E-state index in [1.165, 1.54) is 68.4 Å². The zero-order valence-corrected chi connectivity index (χ0v) is 20.1. The molecule has 0 aliphatic heterocycles. The monoisotopic (exact) mass is 484 g/mol. The molecule has 1 saturated carbocycles. The number of ether oxygens (including phenoxy) is 1. The van der Waals surface area contributed by atoms with Gasteiger partial charge in [-0.3, -0.25) is 0 Å². The Balaban J connectivity index is 1.36. The number of fused-ring (bicyclic) bond motifs is 1. The lowest BCUT2D eigenvalue weighted by Gasteiger charge is -2.36. The van der Waals surface area contributed by atoms with Gasteiger partial charge in [0.25, 0.3) is 0 Å². The molecule has 1 atom stereocenters. The van der Waals surface area contributed by atoms with E-state index in [-0.39, 0.29) is 11.6 Å². The highest BCUT2D eigenvalue weighted by Crippen LogP contribution is 2.41. The first kappa shape index (κ1) is 25.4. The van der Waals surface area contributed by atoms with Gasteiger partial charge in [0.2, 0.25) is 0 Å². The van der Waals surface area contributed by atoms with Gasteiger partial charge < -0.3 is 4.74 Å². The molecular weight excluding hydrogens is 452 g/mol. The normalized spacial score (nSPS) is 22.4. The summed E-state index contributed by atoms with van der Waals surface area (Å²) in [5, 5.41) is 0. The number of aryl methyl sites for hydroxylation is 1. The quantitative estimate of drug-likeness (QED) is 0.235. The van der Waals surface area contributed by atoms with E-state index in [2.05, 4.69) is 35.7 Å². The number of halogens is 4. The highest BCUT2D eigenvalue weighted by molar-refractivity contribution is 5.48. The molecule has 0 amide bonds. The van der Waals surface area contributed by atoms with Crippen LogP contribution in [0.2, 0.25) is 0 Å². The van der Waals surface area contributed by atoms with Crippen LogP contribution in [-0.2, 0) is 12.8 Å². The van der Waals surface area contributed by atoms with E-state index in [9.17, 15) is 17.6 Å². The van der Waals surface area contributed by atoms with Crippen molar-refractivity contribution in [3.05, 3.63) is 76.6 Å². The molecular formula is C30H32F4O. The summed E-state index contributed by atoms with van der Waals surface area (Å²) < 4.78 is 55.6. The molecule has 2 aromatic rings. The van der Waals surface area contributed by atoms with Crippen LogP contribution in [-0.4, -0.2) is 6.36 Å². The molecule has 0 radical (unpaired) electrons. The first-order valence-electron chi connectivity index (χ1n) is 12.6. The second-order valence-corrected chi connectivity index (χ2v) is 9.85. The Bertz CT molecular complexity index is 1080. The maximum atomic E-state index is 14.8. The molecule has 186 valence electrons. The molecule has 1 unspecified atom stereocenters. The molecule has 0 aromatic heterocycles. The molecule has 1 fully saturated rings. The first-order valence-corrected chi connectivity index (χ1v) is 12.6. The largest absolute Gasteiger partial charge is 0.573 e. The lowest BCUT2D eigenvalue weighted by atomic mass is 9.69. The van der Waals surface area contributed by atoms with E-state index in [0.29, 0.717) is 17.0 Å². The van der Waals surface area contributed by atoms with Crippen LogP contribution >= 0.6 is 0 Å². The SMILES string of the molecule is C/C=C/CCC1CCC(C2CCc3cc(C#Cc4ccc(OC(F)(F)F)cc4)c(F)cc3C2)CC1. The summed E-state index contributed by atoms with van der Waals surface area (Å²) >= 11 is 0. The van der Waals surface area contributed by atoms with Crippen molar-refractivity contribution >= 4 is 0 Å². The highest BCUT2D eigenvalue weighted by Gasteiger charge is 2.31. The number of benzene rings is 2. The summed E-state index contributed by atoms with van der Waals surface area (Å²) in [5.41, 5.74) is 3.10. The average molecular weight is 485 g/mol. The van der Waals surface area contributed by atoms with Gasteiger partial charge in [-0.05, 0) is 117 Å². The topological polar surface area (TPSA) is 9.23 Å². The molecule has 2 aliphatic rings. The second-order valence-electron chi connectivity index (χ2n) is 9.85. The van der Waals surface area contributed by atoms with Gasteiger partial charge in [-0.1, -0.05) is 36.8 Å². The molecule has 0 saturated heterocycles. The van der Waals surface area contributed by atoms with Crippen molar-refractivity contribution < 1.29 is 22.3 Å². The Kier molecular flexibility index (Phi) is 8.21. The summed E-state index contributed by atoms with van der Waals surface area (Å²) in [4.78, 5) is 0. The summed E-state index contributed by atoms with van der Waals surface area (Å²) in [5.74, 6) is 7.30. The van der Waals surface area contributed by atoms with Crippen LogP contribution in [0.15, 0.2) is 48.6 Å². The molecule has 0 spiro atoms. The minimum atomic E-state index is -4.73. The van der Waals surface area contributed by atoms with Crippen LogP contribution < -0.4 is 4.74 Å². The predicted molar refractivity (Wildman–Crippen MR) is 131 cm³/mol. The van der Waals surface area contributed by atoms with Crippen LogP contribution in [0.4, 0.5) is 17.6 Å². The van der Waals surface area contributed by atoms with Crippen molar-refractivity contribution in [2.24, 2.45) is 17.8 Å². The Labute approximate surface area is 205 Å². The Morgan fingerprint density at radius 1 is 0.943 bits per heavy atom. The summed E-state index contributed by atoms with van der Waals surface area (Å²) in [7, 11) is 0. The van der Waals surface area contributed by atoms with E-state index in [0.717, 1.165) is 36.7 Å². The molecule has 0 bridgehead atoms. The molecule has 0 N–H and O–H groups in total. The van der Waals surface area contributed by atoms with Crippen molar-refractivity contribution in [3.63, 3.8) is 0 Å². The fourth-order valence-corrected chi connectivity index (χ4v) is 5.63. The number of hydrogen-bond donors (Lipinski definition) is 0. The highest BCUT2D eigenvalue weighted by atomic mass is 19.4. The average Bonchev–Trinajstić information content (AvgIpc) is 2.83. The summed E-state index contributed by atoms with van der Waals surface area (Å²) in [6.45, 7) is 2.08. The van der Waals surface area contributed by atoms with E-state index in [1.807, 2.05) is 6.07 Å². The molecule has 2 aliphatic carbocycles. The first-order chi connectivity index (χ1) is 16.8.